The van der Waals surface area contributed by atoms with Crippen LogP contribution in [0, 0.1) is 7.40 Å². The predicted molar refractivity (Wildman–Crippen MR) is 149 cm³/mol. The minimum atomic E-state index is -3.53. The zero-order chi connectivity index (χ0) is 28.0. The smallest absolute Gasteiger partial charge is 0.257 e. The van der Waals surface area contributed by atoms with Gasteiger partial charge in [0, 0.05) is 31.0 Å². The first kappa shape index (κ1) is 30.6. The van der Waals surface area contributed by atoms with Gasteiger partial charge >= 0.3 is 0 Å². The van der Waals surface area contributed by atoms with E-state index in [0.717, 1.165) is 16.5 Å². The van der Waals surface area contributed by atoms with Gasteiger partial charge in [-0.2, -0.15) is 10.2 Å². The largest absolute Gasteiger partial charge is 0.265 e. The van der Waals surface area contributed by atoms with E-state index in [-0.39, 0.29) is 5.16 Å². The zero-order valence-electron chi connectivity index (χ0n) is 19.5. The van der Waals surface area contributed by atoms with E-state index in [2.05, 4.69) is 30.1 Å². The molecule has 4 heterocycles. The molecule has 4 aromatic heterocycles. The summed E-state index contributed by atoms with van der Waals surface area (Å²) in [6, 6.07) is 3.24. The van der Waals surface area contributed by atoms with E-state index in [9.17, 15) is 26.0 Å². The minimum absolute atomic E-state index is 0.313. The van der Waals surface area contributed by atoms with Crippen molar-refractivity contribution in [3.05, 3.63) is 44.3 Å². The maximum absolute atomic E-state index is 12.3. The van der Waals surface area contributed by atoms with Crippen molar-refractivity contribution in [3.63, 3.8) is 0 Å². The molecule has 0 N–H and O–H groups in total. The summed E-state index contributed by atoms with van der Waals surface area (Å²) in [5.41, 5.74) is 2.25. The Morgan fingerprint density at radius 1 is 0.868 bits per heavy atom. The molecule has 0 saturated carbocycles. The topological polar surface area (TPSA) is 121 Å². The van der Waals surface area contributed by atoms with Crippen LogP contribution in [0.4, 0.5) is 17.6 Å². The van der Waals surface area contributed by atoms with Crippen LogP contribution in [0.5, 0.6) is 0 Å². The van der Waals surface area contributed by atoms with Crippen LogP contribution in [-0.4, -0.2) is 73.3 Å². The number of thioether (sulfide) groups is 1. The maximum Gasteiger partial charge on any atom is 0.257 e. The van der Waals surface area contributed by atoms with Gasteiger partial charge in [-0.3, -0.25) is 9.36 Å². The van der Waals surface area contributed by atoms with Crippen LogP contribution < -0.4 is 0 Å². The van der Waals surface area contributed by atoms with Crippen molar-refractivity contribution in [1.82, 2.24) is 39.5 Å². The number of aromatic nitrogens is 8. The van der Waals surface area contributed by atoms with Crippen molar-refractivity contribution in [2.24, 2.45) is 0 Å². The van der Waals surface area contributed by atoms with Crippen molar-refractivity contribution in [2.75, 3.05) is 12.5 Å². The first-order valence-electron chi connectivity index (χ1n) is 10.3. The fraction of sp³-hybridized carbons (Fsp3) is 0.300. The molecule has 0 radical (unpaired) electrons. The summed E-state index contributed by atoms with van der Waals surface area (Å²) in [5, 5.41) is 8.30. The lowest BCUT2D eigenvalue weighted by atomic mass is 10.2. The number of hydrogen-bond donors (Lipinski definition) is 0. The molecule has 0 aliphatic rings. The fourth-order valence-electron chi connectivity index (χ4n) is 2.87. The Morgan fingerprint density at radius 3 is 1.79 bits per heavy atom. The average Bonchev–Trinajstić information content (AvgIpc) is 3.39. The Balaban J connectivity index is 0.000000212. The van der Waals surface area contributed by atoms with Gasteiger partial charge in [0.15, 0.2) is 5.16 Å². The van der Waals surface area contributed by atoms with Crippen molar-refractivity contribution < 1.29 is 26.0 Å². The first-order chi connectivity index (χ1) is 17.9. The third-order valence-electron chi connectivity index (χ3n) is 4.42. The quantitative estimate of drug-likeness (QED) is 0.110. The van der Waals surface area contributed by atoms with E-state index < -0.39 is 35.8 Å². The van der Waals surface area contributed by atoms with E-state index in [1.165, 1.54) is 34.9 Å². The summed E-state index contributed by atoms with van der Waals surface area (Å²) in [6.07, 6.45) is 3.88. The average molecular weight is 796 g/mol. The van der Waals surface area contributed by atoms with Crippen LogP contribution in [0.15, 0.2) is 47.2 Å². The molecule has 0 fully saturated rings. The lowest BCUT2D eigenvalue weighted by Gasteiger charge is -2.00. The molecular formula is C20H18F4I2N8O2S2. The van der Waals surface area contributed by atoms with Gasteiger partial charge < -0.3 is 0 Å². The standard InChI is InChI=1S/C10H9F2IN4O2S.C10H9F2IN4S/c1-20(18,19)10-14-3-2-7(15-10)6-4-17(5-8(11)12)16-9(6)13;1-18-10-14-3-2-7(15-10)6-4-17(5-8(11)12)16-9(6)13/h2-4,8H,5H2,1H3;2-4,8H,5H2,1H3. The van der Waals surface area contributed by atoms with Gasteiger partial charge in [0.05, 0.1) is 22.5 Å². The Morgan fingerprint density at radius 2 is 1.34 bits per heavy atom. The van der Waals surface area contributed by atoms with Crippen LogP contribution in [0.3, 0.4) is 0 Å². The van der Waals surface area contributed by atoms with Crippen LogP contribution in [-0.2, 0) is 22.9 Å². The second-order valence-corrected chi connectivity index (χ2v) is 12.0. The lowest BCUT2D eigenvalue weighted by Crippen LogP contribution is -2.06. The molecule has 204 valence electrons. The zero-order valence-corrected chi connectivity index (χ0v) is 25.5. The van der Waals surface area contributed by atoms with E-state index in [4.69, 9.17) is 0 Å². The van der Waals surface area contributed by atoms with E-state index >= 15 is 0 Å². The summed E-state index contributed by atoms with van der Waals surface area (Å²) >= 11 is 5.32. The highest BCUT2D eigenvalue weighted by molar-refractivity contribution is 14.1. The maximum atomic E-state index is 12.3. The number of rotatable bonds is 8. The van der Waals surface area contributed by atoms with E-state index in [1.807, 2.05) is 51.4 Å². The van der Waals surface area contributed by atoms with Crippen molar-refractivity contribution in [2.45, 2.75) is 36.3 Å². The molecule has 0 spiro atoms. The van der Waals surface area contributed by atoms with Crippen LogP contribution in [0.1, 0.15) is 0 Å². The molecular weight excluding hydrogens is 778 g/mol. The SMILES string of the molecule is CS(=O)(=O)c1nccc(-c2cn(CC(F)F)nc2I)n1.CSc1nccc(-c2cn(CC(F)F)nc2I)n1. The van der Waals surface area contributed by atoms with E-state index in [0.29, 0.717) is 29.5 Å². The number of halogens is 6. The minimum Gasteiger partial charge on any atom is -0.265 e. The third kappa shape index (κ3) is 8.53. The number of alkyl halides is 4. The molecule has 0 bridgehead atoms. The summed E-state index contributed by atoms with van der Waals surface area (Å²) < 4.78 is 75.5. The summed E-state index contributed by atoms with van der Waals surface area (Å²) in [5.74, 6) is 0. The molecule has 0 aromatic carbocycles. The second kappa shape index (κ2) is 13.4. The molecule has 0 aliphatic heterocycles. The Labute approximate surface area is 246 Å². The molecule has 4 aromatic rings. The molecule has 18 heteroatoms. The third-order valence-corrected chi connectivity index (χ3v) is 7.43. The van der Waals surface area contributed by atoms with Crippen molar-refractivity contribution in [1.29, 1.82) is 0 Å². The van der Waals surface area contributed by atoms with Crippen molar-refractivity contribution in [3.8, 4) is 22.5 Å². The Kier molecular flexibility index (Phi) is 10.8. The van der Waals surface area contributed by atoms with Gasteiger partial charge in [0.1, 0.15) is 20.5 Å². The fourth-order valence-corrected chi connectivity index (χ4v) is 5.13. The second-order valence-electron chi connectivity index (χ2n) is 7.32. The molecule has 0 aliphatic carbocycles. The van der Waals surface area contributed by atoms with Gasteiger partial charge in [0.2, 0.25) is 15.0 Å². The van der Waals surface area contributed by atoms with Gasteiger partial charge in [0.25, 0.3) is 12.9 Å². The number of nitrogens with zero attached hydrogens (tertiary/aromatic N) is 8. The lowest BCUT2D eigenvalue weighted by molar-refractivity contribution is 0.121. The molecule has 4 rings (SSSR count). The van der Waals surface area contributed by atoms with Gasteiger partial charge in [-0.15, -0.1) is 0 Å². The molecule has 0 saturated heterocycles. The van der Waals surface area contributed by atoms with Crippen LogP contribution >= 0.6 is 56.9 Å². The Bertz CT molecular complexity index is 1500. The normalized spacial score (nSPS) is 11.6. The van der Waals surface area contributed by atoms with Crippen LogP contribution in [0.2, 0.25) is 0 Å². The summed E-state index contributed by atoms with van der Waals surface area (Å²) in [6.45, 7) is -0.934. The molecule has 0 unspecified atom stereocenters. The molecule has 0 amide bonds. The van der Waals surface area contributed by atoms with Crippen molar-refractivity contribution >= 4 is 66.8 Å². The van der Waals surface area contributed by atoms with Gasteiger partial charge in [-0.05, 0) is 63.6 Å². The molecule has 0 atom stereocenters. The molecule has 10 nitrogen and oxygen atoms in total. The highest BCUT2D eigenvalue weighted by Gasteiger charge is 2.17. The van der Waals surface area contributed by atoms with E-state index in [1.54, 1.807) is 18.5 Å². The summed E-state index contributed by atoms with van der Waals surface area (Å²) in [7, 11) is -3.53. The Hall–Kier alpha value is -1.94. The monoisotopic (exact) mass is 796 g/mol. The first-order valence-corrected chi connectivity index (χ1v) is 15.6. The van der Waals surface area contributed by atoms with Gasteiger partial charge in [-0.25, -0.2) is 45.9 Å². The van der Waals surface area contributed by atoms with Gasteiger partial charge in [-0.1, -0.05) is 11.8 Å². The number of hydrogen-bond acceptors (Lipinski definition) is 9. The molecule has 38 heavy (non-hydrogen) atoms. The summed E-state index contributed by atoms with van der Waals surface area (Å²) in [4.78, 5) is 16.0. The van der Waals surface area contributed by atoms with Crippen LogP contribution in [0.25, 0.3) is 22.5 Å². The highest BCUT2D eigenvalue weighted by Crippen LogP contribution is 2.25. The highest BCUT2D eigenvalue weighted by atomic mass is 127. The predicted octanol–water partition coefficient (Wildman–Crippen LogP) is 4.55. The number of sulfone groups is 1.